The number of piperidine rings is 1. The first-order valence-corrected chi connectivity index (χ1v) is 12.4. The molecule has 31 heavy (non-hydrogen) atoms. The lowest BCUT2D eigenvalue weighted by molar-refractivity contribution is -0.118. The Labute approximate surface area is 190 Å². The zero-order valence-corrected chi connectivity index (χ0v) is 19.3. The van der Waals surface area contributed by atoms with Gasteiger partial charge in [0.2, 0.25) is 11.9 Å². The fourth-order valence-corrected chi connectivity index (χ4v) is 5.12. The van der Waals surface area contributed by atoms with E-state index in [1.165, 1.54) is 23.1 Å². The Morgan fingerprint density at radius 1 is 1.16 bits per heavy atom. The predicted molar refractivity (Wildman–Crippen MR) is 126 cm³/mol. The molecule has 4 rings (SSSR count). The van der Waals surface area contributed by atoms with Crippen LogP contribution in [-0.4, -0.2) is 53.2 Å². The normalized spacial score (nSPS) is 13.9. The van der Waals surface area contributed by atoms with Crippen LogP contribution in [0.4, 0.5) is 5.95 Å². The molecular formula is C22H27N5O2S2. The van der Waals surface area contributed by atoms with Gasteiger partial charge in [0.05, 0.1) is 18.6 Å². The van der Waals surface area contributed by atoms with Crippen LogP contribution in [0.25, 0.3) is 5.69 Å². The Kier molecular flexibility index (Phi) is 7.48. The highest BCUT2D eigenvalue weighted by Crippen LogP contribution is 2.32. The molecule has 1 N–H and O–H groups in total. The third kappa shape index (κ3) is 5.40. The highest BCUT2D eigenvalue weighted by molar-refractivity contribution is 7.99. The quantitative estimate of drug-likeness (QED) is 0.493. The summed E-state index contributed by atoms with van der Waals surface area (Å²) in [5, 5.41) is 14.7. The zero-order chi connectivity index (χ0) is 21.5. The number of hydrogen-bond donors (Lipinski definition) is 1. The number of nitrogens with zero attached hydrogens (tertiary/aromatic N) is 4. The summed E-state index contributed by atoms with van der Waals surface area (Å²) in [6.45, 7) is 2.56. The third-order valence-corrected chi connectivity index (χ3v) is 7.05. The summed E-state index contributed by atoms with van der Waals surface area (Å²) in [5.74, 6) is 1.85. The SMILES string of the molecule is COc1ccccc1-n1c(SCC(=O)NCCc2cccs2)nnc1N1CCCCC1. The molecule has 9 heteroatoms. The van der Waals surface area contributed by atoms with E-state index in [1.54, 1.807) is 18.4 Å². The summed E-state index contributed by atoms with van der Waals surface area (Å²) in [5.41, 5.74) is 0.885. The number of hydrogen-bond acceptors (Lipinski definition) is 7. The van der Waals surface area contributed by atoms with Crippen molar-refractivity contribution in [1.29, 1.82) is 0 Å². The molecule has 0 saturated carbocycles. The van der Waals surface area contributed by atoms with Crippen molar-refractivity contribution in [2.75, 3.05) is 37.4 Å². The Morgan fingerprint density at radius 3 is 2.77 bits per heavy atom. The topological polar surface area (TPSA) is 72.3 Å². The minimum Gasteiger partial charge on any atom is -0.495 e. The number of thioether (sulfide) groups is 1. The van der Waals surface area contributed by atoms with Crippen molar-refractivity contribution >= 4 is 35.0 Å². The number of para-hydroxylation sites is 2. The molecule has 0 bridgehead atoms. The molecule has 1 fully saturated rings. The van der Waals surface area contributed by atoms with Crippen LogP contribution in [0.5, 0.6) is 5.75 Å². The molecule has 1 aromatic carbocycles. The van der Waals surface area contributed by atoms with E-state index in [-0.39, 0.29) is 11.7 Å². The number of amides is 1. The van der Waals surface area contributed by atoms with E-state index >= 15 is 0 Å². The number of ether oxygens (including phenoxy) is 1. The van der Waals surface area contributed by atoms with Gasteiger partial charge in [0.1, 0.15) is 5.75 Å². The van der Waals surface area contributed by atoms with Crippen LogP contribution >= 0.6 is 23.1 Å². The van der Waals surface area contributed by atoms with Crippen LogP contribution < -0.4 is 15.0 Å². The summed E-state index contributed by atoms with van der Waals surface area (Å²) < 4.78 is 7.62. The largest absolute Gasteiger partial charge is 0.495 e. The maximum atomic E-state index is 12.4. The van der Waals surface area contributed by atoms with Crippen molar-refractivity contribution in [3.05, 3.63) is 46.7 Å². The minimum absolute atomic E-state index is 0.00402. The van der Waals surface area contributed by atoms with Crippen molar-refractivity contribution in [3.63, 3.8) is 0 Å². The van der Waals surface area contributed by atoms with Gasteiger partial charge in [-0.1, -0.05) is 30.0 Å². The van der Waals surface area contributed by atoms with Gasteiger partial charge < -0.3 is 15.0 Å². The Balaban J connectivity index is 1.49. The minimum atomic E-state index is -0.00402. The number of carbonyl (C=O) groups excluding carboxylic acids is 1. The fourth-order valence-electron chi connectivity index (χ4n) is 3.64. The average Bonchev–Trinajstić information content (AvgIpc) is 3.48. The lowest BCUT2D eigenvalue weighted by atomic mass is 10.1. The lowest BCUT2D eigenvalue weighted by Gasteiger charge is -2.28. The Morgan fingerprint density at radius 2 is 2.00 bits per heavy atom. The maximum absolute atomic E-state index is 12.4. The van der Waals surface area contributed by atoms with E-state index in [0.29, 0.717) is 11.7 Å². The molecule has 0 radical (unpaired) electrons. The number of methoxy groups -OCH3 is 1. The van der Waals surface area contributed by atoms with Crippen LogP contribution in [-0.2, 0) is 11.2 Å². The molecule has 164 valence electrons. The van der Waals surface area contributed by atoms with Crippen LogP contribution in [0.1, 0.15) is 24.1 Å². The van der Waals surface area contributed by atoms with Crippen LogP contribution in [0.2, 0.25) is 0 Å². The molecule has 7 nitrogen and oxygen atoms in total. The number of benzene rings is 1. The van der Waals surface area contributed by atoms with Gasteiger partial charge in [0.15, 0.2) is 5.16 Å². The second-order valence-electron chi connectivity index (χ2n) is 7.31. The Bertz CT molecular complexity index is 984. The third-order valence-electron chi connectivity index (χ3n) is 5.19. The maximum Gasteiger partial charge on any atom is 0.232 e. The molecule has 0 aliphatic carbocycles. The molecule has 1 aliphatic heterocycles. The van der Waals surface area contributed by atoms with Gasteiger partial charge >= 0.3 is 0 Å². The zero-order valence-electron chi connectivity index (χ0n) is 17.6. The lowest BCUT2D eigenvalue weighted by Crippen LogP contribution is -2.32. The van der Waals surface area contributed by atoms with Crippen molar-refractivity contribution < 1.29 is 9.53 Å². The first-order valence-electron chi connectivity index (χ1n) is 10.5. The van der Waals surface area contributed by atoms with Gasteiger partial charge in [-0.15, -0.1) is 21.5 Å². The van der Waals surface area contributed by atoms with E-state index in [0.717, 1.165) is 49.7 Å². The van der Waals surface area contributed by atoms with Crippen molar-refractivity contribution in [2.45, 2.75) is 30.8 Å². The standard InChI is InChI=1S/C22H27N5O2S2/c1-29-19-10-4-3-9-18(19)27-21(26-13-5-2-6-14-26)24-25-22(27)31-16-20(28)23-12-11-17-8-7-15-30-17/h3-4,7-10,15H,2,5-6,11-14,16H2,1H3,(H,23,28). The number of thiophene rings is 1. The smallest absolute Gasteiger partial charge is 0.232 e. The summed E-state index contributed by atoms with van der Waals surface area (Å²) in [4.78, 5) is 15.9. The molecule has 3 heterocycles. The van der Waals surface area contributed by atoms with Gasteiger partial charge in [-0.05, 0) is 49.3 Å². The average molecular weight is 458 g/mol. The number of carbonyl (C=O) groups is 1. The predicted octanol–water partition coefficient (Wildman–Crippen LogP) is 3.78. The monoisotopic (exact) mass is 457 g/mol. The number of anilines is 1. The molecule has 2 aromatic heterocycles. The van der Waals surface area contributed by atoms with Crippen LogP contribution in [0.3, 0.4) is 0 Å². The molecule has 0 unspecified atom stereocenters. The van der Waals surface area contributed by atoms with Crippen LogP contribution in [0, 0.1) is 0 Å². The van der Waals surface area contributed by atoms with E-state index in [9.17, 15) is 4.79 Å². The summed E-state index contributed by atoms with van der Waals surface area (Å²) in [6, 6.07) is 12.0. The molecule has 0 spiro atoms. The van der Waals surface area contributed by atoms with E-state index in [4.69, 9.17) is 4.74 Å². The molecule has 1 amide bonds. The first kappa shape index (κ1) is 21.7. The summed E-state index contributed by atoms with van der Waals surface area (Å²) in [7, 11) is 1.66. The van der Waals surface area contributed by atoms with Crippen molar-refractivity contribution in [2.24, 2.45) is 0 Å². The highest BCUT2D eigenvalue weighted by Gasteiger charge is 2.23. The number of rotatable bonds is 9. The first-order chi connectivity index (χ1) is 15.3. The van der Waals surface area contributed by atoms with Gasteiger partial charge in [-0.2, -0.15) is 0 Å². The van der Waals surface area contributed by atoms with Gasteiger partial charge in [-0.25, -0.2) is 0 Å². The second-order valence-corrected chi connectivity index (χ2v) is 9.28. The Hall–Kier alpha value is -2.52. The van der Waals surface area contributed by atoms with Gasteiger partial charge in [0, 0.05) is 24.5 Å². The van der Waals surface area contributed by atoms with Crippen molar-refractivity contribution in [3.8, 4) is 11.4 Å². The number of aromatic nitrogens is 3. The summed E-state index contributed by atoms with van der Waals surface area (Å²) >= 11 is 3.11. The van der Waals surface area contributed by atoms with Gasteiger partial charge in [0.25, 0.3) is 0 Å². The fraction of sp³-hybridized carbons (Fsp3) is 0.409. The van der Waals surface area contributed by atoms with E-state index in [1.807, 2.05) is 34.9 Å². The molecule has 1 aliphatic rings. The van der Waals surface area contributed by atoms with E-state index < -0.39 is 0 Å². The number of nitrogens with one attached hydrogen (secondary N) is 1. The molecular weight excluding hydrogens is 430 g/mol. The van der Waals surface area contributed by atoms with Crippen molar-refractivity contribution in [1.82, 2.24) is 20.1 Å². The van der Waals surface area contributed by atoms with Crippen LogP contribution in [0.15, 0.2) is 46.9 Å². The highest BCUT2D eigenvalue weighted by atomic mass is 32.2. The molecule has 1 saturated heterocycles. The second kappa shape index (κ2) is 10.7. The van der Waals surface area contributed by atoms with Gasteiger partial charge in [-0.3, -0.25) is 9.36 Å². The molecule has 3 aromatic rings. The van der Waals surface area contributed by atoms with E-state index in [2.05, 4.69) is 31.9 Å². The molecule has 0 atom stereocenters. The summed E-state index contributed by atoms with van der Waals surface area (Å²) in [6.07, 6.45) is 4.39.